The first-order valence-corrected chi connectivity index (χ1v) is 7.47. The average molecular weight is 340 g/mol. The fourth-order valence-corrected chi connectivity index (χ4v) is 2.32. The topological polar surface area (TPSA) is 106 Å². The Labute approximate surface area is 143 Å². The van der Waals surface area contributed by atoms with Gasteiger partial charge in [0.25, 0.3) is 11.6 Å². The second-order valence-corrected chi connectivity index (χ2v) is 5.55. The van der Waals surface area contributed by atoms with E-state index in [2.05, 4.69) is 5.32 Å². The summed E-state index contributed by atoms with van der Waals surface area (Å²) < 4.78 is 0. The summed E-state index contributed by atoms with van der Waals surface area (Å²) in [5.74, 6) is -2.44. The van der Waals surface area contributed by atoms with Crippen LogP contribution in [-0.2, 0) is 9.59 Å². The second-order valence-electron chi connectivity index (χ2n) is 5.55. The monoisotopic (exact) mass is 340 g/mol. The molecule has 0 fully saturated rings. The Morgan fingerprint density at radius 3 is 2.24 bits per heavy atom. The fourth-order valence-electron chi connectivity index (χ4n) is 2.32. The SMILES string of the molecule is Cc1cccc(C)c1NC(=O)C(=O)CC(=O)c1cccc([N+](=O)[O-])c1. The maximum Gasteiger partial charge on any atom is 0.292 e. The molecule has 7 heteroatoms. The fraction of sp³-hybridized carbons (Fsp3) is 0.167. The highest BCUT2D eigenvalue weighted by molar-refractivity contribution is 6.44. The number of anilines is 1. The number of ketones is 2. The highest BCUT2D eigenvalue weighted by Crippen LogP contribution is 2.20. The number of hydrogen-bond acceptors (Lipinski definition) is 5. The lowest BCUT2D eigenvalue weighted by Crippen LogP contribution is -2.25. The summed E-state index contributed by atoms with van der Waals surface area (Å²) in [6, 6.07) is 10.5. The summed E-state index contributed by atoms with van der Waals surface area (Å²) in [5, 5.41) is 13.3. The van der Waals surface area contributed by atoms with Crippen LogP contribution >= 0.6 is 0 Å². The van der Waals surface area contributed by atoms with Gasteiger partial charge >= 0.3 is 0 Å². The zero-order chi connectivity index (χ0) is 18.6. The smallest absolute Gasteiger partial charge is 0.292 e. The number of amides is 1. The molecule has 1 amide bonds. The van der Waals surface area contributed by atoms with E-state index in [4.69, 9.17) is 0 Å². The third-order valence-corrected chi connectivity index (χ3v) is 3.67. The molecule has 2 aromatic carbocycles. The molecule has 0 saturated carbocycles. The number of Topliss-reactive ketones (excluding diaryl/α,β-unsaturated/α-hetero) is 2. The Morgan fingerprint density at radius 2 is 1.64 bits per heavy atom. The Morgan fingerprint density at radius 1 is 1.04 bits per heavy atom. The summed E-state index contributed by atoms with van der Waals surface area (Å²) in [5.41, 5.74) is 1.89. The zero-order valence-electron chi connectivity index (χ0n) is 13.7. The van der Waals surface area contributed by atoms with Crippen molar-refractivity contribution < 1.29 is 19.3 Å². The van der Waals surface area contributed by atoms with Gasteiger partial charge in [-0.2, -0.15) is 0 Å². The Balaban J connectivity index is 2.08. The third-order valence-electron chi connectivity index (χ3n) is 3.67. The predicted octanol–water partition coefficient (Wildman–Crippen LogP) is 2.99. The molecular weight excluding hydrogens is 324 g/mol. The van der Waals surface area contributed by atoms with Crippen molar-refractivity contribution in [2.75, 3.05) is 5.32 Å². The van der Waals surface area contributed by atoms with Gasteiger partial charge in [-0.3, -0.25) is 24.5 Å². The number of para-hydroxylation sites is 1. The number of nitro groups is 1. The minimum atomic E-state index is -0.904. The second kappa shape index (κ2) is 7.48. The van der Waals surface area contributed by atoms with E-state index in [1.165, 1.54) is 18.2 Å². The molecule has 2 rings (SSSR count). The molecule has 7 nitrogen and oxygen atoms in total. The summed E-state index contributed by atoms with van der Waals surface area (Å²) in [6.45, 7) is 3.59. The first-order valence-electron chi connectivity index (χ1n) is 7.47. The van der Waals surface area contributed by atoms with Crippen LogP contribution in [0.3, 0.4) is 0 Å². The Kier molecular flexibility index (Phi) is 5.38. The minimum absolute atomic E-state index is 0.0161. The average Bonchev–Trinajstić information content (AvgIpc) is 2.58. The molecule has 0 spiro atoms. The van der Waals surface area contributed by atoms with Gasteiger partial charge < -0.3 is 5.32 Å². The lowest BCUT2D eigenvalue weighted by Gasteiger charge is -2.10. The van der Waals surface area contributed by atoms with Crippen molar-refractivity contribution in [3.8, 4) is 0 Å². The number of non-ortho nitro benzene ring substituents is 1. The van der Waals surface area contributed by atoms with Gasteiger partial charge in [0.05, 0.1) is 11.3 Å². The number of nitro benzene ring substituents is 1. The molecule has 1 N–H and O–H groups in total. The highest BCUT2D eigenvalue weighted by atomic mass is 16.6. The molecule has 25 heavy (non-hydrogen) atoms. The molecule has 0 bridgehead atoms. The van der Waals surface area contributed by atoms with Crippen LogP contribution in [0, 0.1) is 24.0 Å². The van der Waals surface area contributed by atoms with E-state index in [9.17, 15) is 24.5 Å². The van der Waals surface area contributed by atoms with E-state index < -0.39 is 28.8 Å². The quantitative estimate of drug-likeness (QED) is 0.286. The van der Waals surface area contributed by atoms with Crippen molar-refractivity contribution in [2.45, 2.75) is 20.3 Å². The number of aryl methyl sites for hydroxylation is 2. The number of benzene rings is 2. The van der Waals surface area contributed by atoms with Crippen LogP contribution in [0.4, 0.5) is 11.4 Å². The molecular formula is C18H16N2O5. The normalized spacial score (nSPS) is 10.2. The summed E-state index contributed by atoms with van der Waals surface area (Å²) in [6.07, 6.45) is -0.655. The summed E-state index contributed by atoms with van der Waals surface area (Å²) in [7, 11) is 0. The van der Waals surface area contributed by atoms with Crippen LogP contribution < -0.4 is 5.32 Å². The first-order chi connectivity index (χ1) is 11.8. The molecule has 0 aliphatic rings. The van der Waals surface area contributed by atoms with Gasteiger partial charge in [-0.25, -0.2) is 0 Å². The molecule has 0 atom stereocenters. The van der Waals surface area contributed by atoms with Gasteiger partial charge in [0.15, 0.2) is 5.78 Å². The first kappa shape index (κ1) is 18.0. The maximum atomic E-state index is 12.1. The maximum absolute atomic E-state index is 12.1. The van der Waals surface area contributed by atoms with Crippen LogP contribution in [-0.4, -0.2) is 22.4 Å². The number of nitrogens with zero attached hydrogens (tertiary/aromatic N) is 1. The minimum Gasteiger partial charge on any atom is -0.319 e. The van der Waals surface area contributed by atoms with Crippen molar-refractivity contribution in [3.05, 3.63) is 69.3 Å². The van der Waals surface area contributed by atoms with Gasteiger partial charge in [-0.15, -0.1) is 0 Å². The van der Waals surface area contributed by atoms with Gasteiger partial charge in [0, 0.05) is 23.4 Å². The standard InChI is InChI=1S/C18H16N2O5/c1-11-5-3-6-12(2)17(11)19-18(23)16(22)10-15(21)13-7-4-8-14(9-13)20(24)25/h3-9H,10H2,1-2H3,(H,19,23). The molecule has 0 aliphatic heterocycles. The molecule has 0 aromatic heterocycles. The summed E-state index contributed by atoms with van der Waals surface area (Å²) in [4.78, 5) is 46.2. The van der Waals surface area contributed by atoms with Gasteiger partial charge in [-0.05, 0) is 25.0 Å². The Hall–Kier alpha value is -3.35. The molecule has 0 radical (unpaired) electrons. The van der Waals surface area contributed by atoms with Crippen molar-refractivity contribution in [3.63, 3.8) is 0 Å². The largest absolute Gasteiger partial charge is 0.319 e. The predicted molar refractivity (Wildman–Crippen MR) is 91.6 cm³/mol. The van der Waals surface area contributed by atoms with Crippen LogP contribution in [0.5, 0.6) is 0 Å². The van der Waals surface area contributed by atoms with E-state index in [0.717, 1.165) is 17.2 Å². The summed E-state index contributed by atoms with van der Waals surface area (Å²) >= 11 is 0. The molecule has 0 unspecified atom stereocenters. The zero-order valence-corrected chi connectivity index (χ0v) is 13.7. The number of carbonyl (C=O) groups is 3. The lowest BCUT2D eigenvalue weighted by atomic mass is 10.0. The van der Waals surface area contributed by atoms with Gasteiger partial charge in [0.1, 0.15) is 0 Å². The number of carbonyl (C=O) groups excluding carboxylic acids is 3. The van der Waals surface area contributed by atoms with Crippen LogP contribution in [0.15, 0.2) is 42.5 Å². The van der Waals surface area contributed by atoms with Crippen molar-refractivity contribution in [1.82, 2.24) is 0 Å². The molecule has 0 heterocycles. The van der Waals surface area contributed by atoms with Gasteiger partial charge in [-0.1, -0.05) is 30.3 Å². The highest BCUT2D eigenvalue weighted by Gasteiger charge is 2.21. The third kappa shape index (κ3) is 4.35. The van der Waals surface area contributed by atoms with Crippen LogP contribution in [0.1, 0.15) is 27.9 Å². The molecule has 128 valence electrons. The number of nitrogens with one attached hydrogen (secondary N) is 1. The van der Waals surface area contributed by atoms with E-state index in [1.807, 2.05) is 6.07 Å². The van der Waals surface area contributed by atoms with Crippen molar-refractivity contribution in [1.29, 1.82) is 0 Å². The molecule has 0 aliphatic carbocycles. The number of rotatable bonds is 6. The van der Waals surface area contributed by atoms with E-state index in [0.29, 0.717) is 5.69 Å². The Bertz CT molecular complexity index is 853. The number of hydrogen-bond donors (Lipinski definition) is 1. The van der Waals surface area contributed by atoms with Crippen LogP contribution in [0.25, 0.3) is 0 Å². The van der Waals surface area contributed by atoms with Crippen molar-refractivity contribution >= 4 is 28.8 Å². The van der Waals surface area contributed by atoms with E-state index in [1.54, 1.807) is 26.0 Å². The van der Waals surface area contributed by atoms with E-state index in [-0.39, 0.29) is 11.3 Å². The van der Waals surface area contributed by atoms with E-state index >= 15 is 0 Å². The molecule has 0 saturated heterocycles. The molecule has 2 aromatic rings. The lowest BCUT2D eigenvalue weighted by molar-refractivity contribution is -0.384. The van der Waals surface area contributed by atoms with Gasteiger partial charge in [0.2, 0.25) is 5.78 Å². The van der Waals surface area contributed by atoms with Crippen LogP contribution in [0.2, 0.25) is 0 Å². The van der Waals surface area contributed by atoms with Crippen molar-refractivity contribution in [2.24, 2.45) is 0 Å².